The first-order valence-corrected chi connectivity index (χ1v) is 9.82. The lowest BCUT2D eigenvalue weighted by Crippen LogP contribution is -2.42. The highest BCUT2D eigenvalue weighted by Crippen LogP contribution is 2.41. The van der Waals surface area contributed by atoms with E-state index in [1.807, 2.05) is 44.2 Å². The molecular weight excluding hydrogens is 370 g/mol. The lowest BCUT2D eigenvalue weighted by molar-refractivity contribution is -0.139. The molecule has 0 bridgehead atoms. The Kier molecular flexibility index (Phi) is 5.05. The number of carbonyl (C=O) groups is 2. The maximum atomic E-state index is 13.2. The van der Waals surface area contributed by atoms with Gasteiger partial charge in [0.05, 0.1) is 16.6 Å². The zero-order valence-corrected chi connectivity index (χ0v) is 16.4. The quantitative estimate of drug-likeness (QED) is 0.635. The molecule has 0 spiro atoms. The van der Waals surface area contributed by atoms with Gasteiger partial charge in [0.2, 0.25) is 0 Å². The summed E-state index contributed by atoms with van der Waals surface area (Å²) in [5, 5.41) is 17.0. The lowest BCUT2D eigenvalue weighted by Gasteiger charge is -2.16. The Morgan fingerprint density at radius 3 is 2.59 bits per heavy atom. The Labute approximate surface area is 168 Å². The van der Waals surface area contributed by atoms with Gasteiger partial charge in [0.1, 0.15) is 6.04 Å². The number of hydrogen-bond donors (Lipinski definition) is 2. The van der Waals surface area contributed by atoms with Gasteiger partial charge in [-0.05, 0) is 30.4 Å². The van der Waals surface area contributed by atoms with Gasteiger partial charge < -0.3 is 14.9 Å². The van der Waals surface area contributed by atoms with Gasteiger partial charge >= 0.3 is 5.97 Å². The van der Waals surface area contributed by atoms with Crippen molar-refractivity contribution in [2.24, 2.45) is 0 Å². The van der Waals surface area contributed by atoms with Crippen LogP contribution in [0.2, 0.25) is 0 Å². The largest absolute Gasteiger partial charge is 0.480 e. The molecule has 29 heavy (non-hydrogen) atoms. The summed E-state index contributed by atoms with van der Waals surface area (Å²) in [6, 6.07) is 9.96. The monoisotopic (exact) mass is 393 g/mol. The molecule has 2 heterocycles. The molecule has 0 saturated heterocycles. The van der Waals surface area contributed by atoms with Crippen LogP contribution in [0.3, 0.4) is 0 Å². The molecule has 2 N–H and O–H groups in total. The second kappa shape index (κ2) is 7.66. The number of aromatic nitrogens is 2. The number of pyridine rings is 1. The Balaban J connectivity index is 1.69. The topological polar surface area (TPSA) is 105 Å². The van der Waals surface area contributed by atoms with Crippen LogP contribution in [0, 0.1) is 0 Å². The molecule has 7 nitrogen and oxygen atoms in total. The van der Waals surface area contributed by atoms with E-state index in [0.29, 0.717) is 28.3 Å². The van der Waals surface area contributed by atoms with Crippen molar-refractivity contribution in [1.82, 2.24) is 15.5 Å². The predicted octanol–water partition coefficient (Wildman–Crippen LogP) is 3.65. The summed E-state index contributed by atoms with van der Waals surface area (Å²) in [4.78, 5) is 29.5. The summed E-state index contributed by atoms with van der Waals surface area (Å²) in [6.07, 6.45) is 2.25. The first-order valence-electron chi connectivity index (χ1n) is 9.82. The fourth-order valence-electron chi connectivity index (χ4n) is 3.44. The smallest absolute Gasteiger partial charge is 0.326 e. The molecule has 1 aromatic carbocycles. The Hall–Kier alpha value is -3.22. The third-order valence-corrected chi connectivity index (χ3v) is 5.17. The van der Waals surface area contributed by atoms with Gasteiger partial charge in [0, 0.05) is 18.0 Å². The molecule has 150 valence electrons. The molecule has 0 aliphatic heterocycles. The number of rotatable bonds is 7. The van der Waals surface area contributed by atoms with Crippen LogP contribution in [0.4, 0.5) is 0 Å². The van der Waals surface area contributed by atoms with E-state index in [1.54, 1.807) is 6.07 Å². The molecule has 4 rings (SSSR count). The number of amides is 1. The zero-order valence-electron chi connectivity index (χ0n) is 16.4. The first-order chi connectivity index (χ1) is 13.9. The van der Waals surface area contributed by atoms with Crippen LogP contribution in [-0.4, -0.2) is 33.2 Å². The van der Waals surface area contributed by atoms with E-state index >= 15 is 0 Å². The maximum Gasteiger partial charge on any atom is 0.326 e. The predicted molar refractivity (Wildman–Crippen MR) is 107 cm³/mol. The minimum Gasteiger partial charge on any atom is -0.480 e. The highest BCUT2D eigenvalue weighted by Gasteiger charge is 2.30. The van der Waals surface area contributed by atoms with Gasteiger partial charge in [-0.3, -0.25) is 4.79 Å². The molecule has 2 aromatic heterocycles. The number of aliphatic carboxylic acids is 1. The van der Waals surface area contributed by atoms with Crippen molar-refractivity contribution < 1.29 is 19.2 Å². The van der Waals surface area contributed by atoms with E-state index in [-0.39, 0.29) is 12.3 Å². The van der Waals surface area contributed by atoms with E-state index in [0.717, 1.165) is 24.1 Å². The van der Waals surface area contributed by atoms with Crippen molar-refractivity contribution in [2.45, 2.75) is 51.0 Å². The second-order valence-corrected chi connectivity index (χ2v) is 7.83. The summed E-state index contributed by atoms with van der Waals surface area (Å²) >= 11 is 0. The fraction of sp³-hybridized carbons (Fsp3) is 0.364. The summed E-state index contributed by atoms with van der Waals surface area (Å²) < 4.78 is 5.41. The van der Waals surface area contributed by atoms with Gasteiger partial charge in [0.25, 0.3) is 11.6 Å². The van der Waals surface area contributed by atoms with Crippen LogP contribution >= 0.6 is 0 Å². The maximum absolute atomic E-state index is 13.2. The zero-order chi connectivity index (χ0) is 20.5. The fourth-order valence-corrected chi connectivity index (χ4v) is 3.44. The van der Waals surface area contributed by atoms with Crippen LogP contribution in [-0.2, 0) is 11.2 Å². The number of carbonyl (C=O) groups excluding carboxylic acids is 1. The number of carboxylic acids is 1. The number of carboxylic acid groups (broad SMARTS) is 1. The molecule has 1 aliphatic carbocycles. The van der Waals surface area contributed by atoms with E-state index in [4.69, 9.17) is 4.52 Å². The molecular formula is C22H23N3O4. The molecule has 1 aliphatic rings. The van der Waals surface area contributed by atoms with Crippen molar-refractivity contribution in [3.63, 3.8) is 0 Å². The minimum absolute atomic E-state index is 0.0379. The first kappa shape index (κ1) is 19.1. The Morgan fingerprint density at radius 1 is 1.24 bits per heavy atom. The number of fused-ring (bicyclic) bond motifs is 1. The third kappa shape index (κ3) is 3.99. The molecule has 1 fully saturated rings. The standard InChI is InChI=1S/C22H23N3O4/c1-12(2)19-18-15(11-16(14-8-9-14)24-21(18)29-25-19)20(26)23-17(22(27)28)10-13-6-4-3-5-7-13/h3-7,11-12,14,17H,8-10H2,1-2H3,(H,23,26)(H,27,28). The van der Waals surface area contributed by atoms with E-state index in [9.17, 15) is 14.7 Å². The number of benzene rings is 1. The number of hydrogen-bond acceptors (Lipinski definition) is 5. The van der Waals surface area contributed by atoms with Gasteiger partial charge in [0.15, 0.2) is 0 Å². The molecule has 3 aromatic rings. The minimum atomic E-state index is -1.08. The van der Waals surface area contributed by atoms with Gasteiger partial charge in [-0.15, -0.1) is 0 Å². The highest BCUT2D eigenvalue weighted by atomic mass is 16.5. The third-order valence-electron chi connectivity index (χ3n) is 5.17. The summed E-state index contributed by atoms with van der Waals surface area (Å²) in [5.41, 5.74) is 2.99. The van der Waals surface area contributed by atoms with Crippen LogP contribution in [0.15, 0.2) is 40.9 Å². The number of nitrogens with zero attached hydrogens (tertiary/aromatic N) is 2. The van der Waals surface area contributed by atoms with Crippen molar-refractivity contribution in [2.75, 3.05) is 0 Å². The second-order valence-electron chi connectivity index (χ2n) is 7.83. The van der Waals surface area contributed by atoms with Crippen molar-refractivity contribution in [3.8, 4) is 0 Å². The Morgan fingerprint density at radius 2 is 1.97 bits per heavy atom. The highest BCUT2D eigenvalue weighted by molar-refractivity contribution is 6.07. The van der Waals surface area contributed by atoms with Gasteiger partial charge in [-0.1, -0.05) is 49.3 Å². The van der Waals surface area contributed by atoms with Gasteiger partial charge in [-0.2, -0.15) is 0 Å². The molecule has 7 heteroatoms. The normalized spacial score (nSPS) is 14.9. The molecule has 1 saturated carbocycles. The molecule has 1 atom stereocenters. The van der Waals surface area contributed by atoms with Crippen molar-refractivity contribution in [1.29, 1.82) is 0 Å². The SMILES string of the molecule is CC(C)c1noc2nc(C3CC3)cc(C(=O)NC(Cc3ccccc3)C(=O)O)c12. The van der Waals surface area contributed by atoms with Gasteiger partial charge in [-0.25, -0.2) is 9.78 Å². The van der Waals surface area contributed by atoms with Crippen LogP contribution in [0.1, 0.15) is 65.8 Å². The van der Waals surface area contributed by atoms with Crippen LogP contribution in [0.5, 0.6) is 0 Å². The van der Waals surface area contributed by atoms with E-state index in [1.165, 1.54) is 0 Å². The average Bonchev–Trinajstić information content (AvgIpc) is 3.46. The van der Waals surface area contributed by atoms with E-state index in [2.05, 4.69) is 15.5 Å². The van der Waals surface area contributed by atoms with Crippen LogP contribution < -0.4 is 5.32 Å². The summed E-state index contributed by atoms with van der Waals surface area (Å²) in [7, 11) is 0. The van der Waals surface area contributed by atoms with Crippen LogP contribution in [0.25, 0.3) is 11.1 Å². The summed E-state index contributed by atoms with van der Waals surface area (Å²) in [6.45, 7) is 3.92. The Bertz CT molecular complexity index is 1050. The van der Waals surface area contributed by atoms with E-state index < -0.39 is 17.9 Å². The molecule has 1 amide bonds. The van der Waals surface area contributed by atoms with Crippen molar-refractivity contribution in [3.05, 3.63) is 58.9 Å². The van der Waals surface area contributed by atoms with Crippen molar-refractivity contribution >= 4 is 23.0 Å². The molecule has 1 unspecified atom stereocenters. The molecule has 0 radical (unpaired) electrons. The lowest BCUT2D eigenvalue weighted by atomic mass is 10.0. The number of nitrogens with one attached hydrogen (secondary N) is 1. The average molecular weight is 393 g/mol. The summed E-state index contributed by atoms with van der Waals surface area (Å²) in [5.74, 6) is -1.17.